The van der Waals surface area contributed by atoms with E-state index in [0.29, 0.717) is 22.7 Å². The van der Waals surface area contributed by atoms with Gasteiger partial charge in [-0.05, 0) is 38.9 Å². The summed E-state index contributed by atoms with van der Waals surface area (Å²) >= 11 is 1.67. The molecule has 8 nitrogen and oxygen atoms in total. The monoisotopic (exact) mass is 857 g/mol. The minimum Gasteiger partial charge on any atom is -0.387 e. The molecular weight excluding hydrogens is 811 g/mol. The number of imidazole rings is 1. The molecular formula is C55H47N5O3S. The average molecular weight is 858 g/mol. The van der Waals surface area contributed by atoms with Crippen LogP contribution in [0.1, 0.15) is 45.2 Å². The van der Waals surface area contributed by atoms with E-state index in [9.17, 15) is 5.11 Å². The Morgan fingerprint density at radius 1 is 0.562 bits per heavy atom. The van der Waals surface area contributed by atoms with Crippen LogP contribution in [0.5, 0.6) is 0 Å². The van der Waals surface area contributed by atoms with Crippen LogP contribution in [0, 0.1) is 0 Å². The molecule has 64 heavy (non-hydrogen) atoms. The number of thioether (sulfide) groups is 1. The first-order chi connectivity index (χ1) is 31.6. The van der Waals surface area contributed by atoms with E-state index in [0.717, 1.165) is 38.9 Å². The first-order valence-corrected chi connectivity index (χ1v) is 22.6. The van der Waals surface area contributed by atoms with Crippen molar-refractivity contribution >= 4 is 28.7 Å². The molecule has 9 aromatic rings. The van der Waals surface area contributed by atoms with Gasteiger partial charge >= 0.3 is 0 Å². The SMILES string of the molecule is OC1C(SCc2ccccc2)C(COC(c2ccccc2)(c2ccccc2)c2ccccc2)OC1n1cnc2c(NC(c3ccccc3)(c3ccccc3)c3ccccc3)ncnc21. The second kappa shape index (κ2) is 18.5. The van der Waals surface area contributed by atoms with Crippen molar-refractivity contribution < 1.29 is 14.6 Å². The largest absolute Gasteiger partial charge is 0.387 e. The number of nitrogens with zero attached hydrogens (tertiary/aromatic N) is 4. The zero-order chi connectivity index (χ0) is 43.2. The van der Waals surface area contributed by atoms with Gasteiger partial charge in [0, 0.05) is 5.75 Å². The highest BCUT2D eigenvalue weighted by molar-refractivity contribution is 7.99. The first-order valence-electron chi connectivity index (χ1n) is 21.6. The van der Waals surface area contributed by atoms with Gasteiger partial charge in [0.15, 0.2) is 23.2 Å². The van der Waals surface area contributed by atoms with Crippen molar-refractivity contribution in [1.82, 2.24) is 19.5 Å². The van der Waals surface area contributed by atoms with Gasteiger partial charge in [0.1, 0.15) is 23.6 Å². The van der Waals surface area contributed by atoms with Gasteiger partial charge in [-0.1, -0.05) is 212 Å². The molecule has 0 bridgehead atoms. The molecule has 0 aliphatic carbocycles. The highest BCUT2D eigenvalue weighted by Gasteiger charge is 2.48. The Morgan fingerprint density at radius 3 is 1.47 bits per heavy atom. The van der Waals surface area contributed by atoms with Crippen LogP contribution in [0.15, 0.2) is 225 Å². The summed E-state index contributed by atoms with van der Waals surface area (Å²) < 4.78 is 16.2. The van der Waals surface area contributed by atoms with E-state index >= 15 is 0 Å². The molecule has 316 valence electrons. The summed E-state index contributed by atoms with van der Waals surface area (Å²) in [4.78, 5) is 14.6. The van der Waals surface area contributed by atoms with E-state index in [1.165, 1.54) is 0 Å². The Balaban J connectivity index is 1.04. The Hall–Kier alpha value is -6.88. The lowest BCUT2D eigenvalue weighted by Crippen LogP contribution is -2.38. The second-order valence-corrected chi connectivity index (χ2v) is 17.1. The number of hydrogen-bond acceptors (Lipinski definition) is 8. The summed E-state index contributed by atoms with van der Waals surface area (Å²) in [6.07, 6.45) is 0.964. The lowest BCUT2D eigenvalue weighted by molar-refractivity contribution is -0.0848. The van der Waals surface area contributed by atoms with Crippen LogP contribution in [-0.4, -0.2) is 48.7 Å². The molecule has 10 rings (SSSR count). The number of rotatable bonds is 15. The summed E-state index contributed by atoms with van der Waals surface area (Å²) in [5, 5.41) is 16.0. The summed E-state index contributed by atoms with van der Waals surface area (Å²) in [7, 11) is 0. The number of aromatic nitrogens is 4. The summed E-state index contributed by atoms with van der Waals surface area (Å²) in [5.74, 6) is 1.22. The molecule has 7 aromatic carbocycles. The minimum atomic E-state index is -0.969. The lowest BCUT2D eigenvalue weighted by Gasteiger charge is -2.37. The standard InChI is InChI=1S/C55H47N5O3S/c61-49-50(64-37-40-22-8-1-9-23-40)47(36-62-55(44-30-16-5-17-31-44,45-32-18-6-19-33-45)46-34-20-7-21-35-46)63-53(49)60-39-58-48-51(56-38-57-52(48)60)59-54(41-24-10-2-11-25-41,42-26-12-3-13-27-42)43-28-14-4-15-29-43/h1-35,38-39,47,49-50,53,61H,36-37H2,(H,56,57,59). The van der Waals surface area contributed by atoms with E-state index in [4.69, 9.17) is 24.4 Å². The molecule has 0 radical (unpaired) electrons. The normalized spacial score (nSPS) is 17.6. The highest BCUT2D eigenvalue weighted by atomic mass is 32.2. The van der Waals surface area contributed by atoms with Crippen molar-refractivity contribution in [1.29, 1.82) is 0 Å². The van der Waals surface area contributed by atoms with Gasteiger partial charge in [-0.2, -0.15) is 0 Å². The van der Waals surface area contributed by atoms with Gasteiger partial charge in [0.05, 0.1) is 24.3 Å². The van der Waals surface area contributed by atoms with Crippen LogP contribution in [-0.2, 0) is 26.4 Å². The molecule has 1 saturated heterocycles. The Kier molecular flexibility index (Phi) is 11.9. The number of aliphatic hydroxyl groups excluding tert-OH is 1. The molecule has 4 unspecified atom stereocenters. The van der Waals surface area contributed by atoms with Crippen molar-refractivity contribution in [2.75, 3.05) is 11.9 Å². The molecule has 0 spiro atoms. The molecule has 4 atom stereocenters. The van der Waals surface area contributed by atoms with Crippen LogP contribution in [0.4, 0.5) is 5.82 Å². The van der Waals surface area contributed by atoms with Crippen LogP contribution in [0.2, 0.25) is 0 Å². The van der Waals surface area contributed by atoms with Gasteiger partial charge < -0.3 is 19.9 Å². The molecule has 2 aromatic heterocycles. The fourth-order valence-electron chi connectivity index (χ4n) is 9.12. The summed E-state index contributed by atoms with van der Waals surface area (Å²) in [5.41, 5.74) is 6.50. The van der Waals surface area contributed by atoms with Crippen LogP contribution in [0.25, 0.3) is 11.2 Å². The molecule has 1 fully saturated rings. The first kappa shape index (κ1) is 41.1. The van der Waals surface area contributed by atoms with E-state index < -0.39 is 29.6 Å². The minimum absolute atomic E-state index is 0.181. The van der Waals surface area contributed by atoms with Crippen molar-refractivity contribution in [2.24, 2.45) is 0 Å². The number of hydrogen-bond donors (Lipinski definition) is 2. The van der Waals surface area contributed by atoms with Gasteiger partial charge in [-0.25, -0.2) is 15.0 Å². The highest BCUT2D eigenvalue weighted by Crippen LogP contribution is 2.45. The quantitative estimate of drug-likeness (QED) is 0.0985. The maximum atomic E-state index is 12.5. The van der Waals surface area contributed by atoms with E-state index in [-0.39, 0.29) is 11.9 Å². The fraction of sp³-hybridized carbons (Fsp3) is 0.145. The number of ether oxygens (including phenoxy) is 2. The number of benzene rings is 7. The average Bonchev–Trinajstić information content (AvgIpc) is 3.95. The molecule has 2 N–H and O–H groups in total. The van der Waals surface area contributed by atoms with Crippen molar-refractivity contribution in [3.05, 3.63) is 264 Å². The summed E-state index contributed by atoms with van der Waals surface area (Å²) in [6, 6.07) is 72.5. The molecule has 1 aliphatic rings. The zero-order valence-corrected chi connectivity index (χ0v) is 35.9. The van der Waals surface area contributed by atoms with E-state index in [2.05, 4.69) is 127 Å². The third-order valence-electron chi connectivity index (χ3n) is 12.2. The third kappa shape index (κ3) is 7.77. The predicted octanol–water partition coefficient (Wildman–Crippen LogP) is 10.8. The van der Waals surface area contributed by atoms with E-state index in [1.54, 1.807) is 24.4 Å². The van der Waals surface area contributed by atoms with Gasteiger partial charge in [-0.3, -0.25) is 4.57 Å². The molecule has 0 saturated carbocycles. The summed E-state index contributed by atoms with van der Waals surface area (Å²) in [6.45, 7) is 0.181. The maximum Gasteiger partial charge on any atom is 0.167 e. The van der Waals surface area contributed by atoms with E-state index in [1.807, 2.05) is 95.6 Å². The smallest absolute Gasteiger partial charge is 0.167 e. The Morgan fingerprint density at radius 2 is 1.00 bits per heavy atom. The Bertz CT molecular complexity index is 2680. The van der Waals surface area contributed by atoms with Crippen LogP contribution < -0.4 is 5.32 Å². The fourth-order valence-corrected chi connectivity index (χ4v) is 10.4. The van der Waals surface area contributed by atoms with Crippen molar-refractivity contribution in [3.63, 3.8) is 0 Å². The number of anilines is 1. The maximum absolute atomic E-state index is 12.5. The predicted molar refractivity (Wildman–Crippen MR) is 255 cm³/mol. The second-order valence-electron chi connectivity index (χ2n) is 15.9. The van der Waals surface area contributed by atoms with Gasteiger partial charge in [0.2, 0.25) is 0 Å². The molecule has 9 heteroatoms. The number of aliphatic hydroxyl groups is 1. The molecule has 3 heterocycles. The number of fused-ring (bicyclic) bond motifs is 1. The number of nitrogens with one attached hydrogen (secondary N) is 1. The zero-order valence-electron chi connectivity index (χ0n) is 35.0. The topological polar surface area (TPSA) is 94.3 Å². The van der Waals surface area contributed by atoms with Gasteiger partial charge in [-0.15, -0.1) is 11.8 Å². The van der Waals surface area contributed by atoms with Crippen molar-refractivity contribution in [2.45, 2.75) is 40.6 Å². The van der Waals surface area contributed by atoms with Crippen LogP contribution >= 0.6 is 11.8 Å². The Labute approximate surface area is 377 Å². The van der Waals surface area contributed by atoms with Crippen molar-refractivity contribution in [3.8, 4) is 0 Å². The van der Waals surface area contributed by atoms with Gasteiger partial charge in [0.25, 0.3) is 0 Å². The molecule has 1 aliphatic heterocycles. The lowest BCUT2D eigenvalue weighted by atomic mass is 9.77. The third-order valence-corrected chi connectivity index (χ3v) is 13.6. The molecule has 0 amide bonds. The van der Waals surface area contributed by atoms with Crippen LogP contribution in [0.3, 0.4) is 0 Å².